The summed E-state index contributed by atoms with van der Waals surface area (Å²) in [5, 5.41) is 8.80. The highest BCUT2D eigenvalue weighted by Gasteiger charge is 2.30. The first-order chi connectivity index (χ1) is 8.41. The summed E-state index contributed by atoms with van der Waals surface area (Å²) in [7, 11) is -2.97. The molecule has 0 bridgehead atoms. The summed E-state index contributed by atoms with van der Waals surface area (Å²) >= 11 is 2.02. The highest BCUT2D eigenvalue weighted by Crippen LogP contribution is 2.32. The van der Waals surface area contributed by atoms with E-state index in [1.165, 1.54) is 6.07 Å². The van der Waals surface area contributed by atoms with Gasteiger partial charge in [0.25, 0.3) is 0 Å². The first-order valence-corrected chi connectivity index (χ1v) is 8.17. The molecule has 0 aromatic heterocycles. The lowest BCUT2D eigenvalue weighted by Crippen LogP contribution is -2.19. The van der Waals surface area contributed by atoms with Crippen molar-refractivity contribution in [2.75, 3.05) is 17.2 Å². The number of anilines is 1. The van der Waals surface area contributed by atoms with E-state index in [1.54, 1.807) is 6.07 Å². The van der Waals surface area contributed by atoms with Crippen LogP contribution in [0.15, 0.2) is 12.1 Å². The molecule has 0 amide bonds. The molecule has 5 nitrogen and oxygen atoms in total. The van der Waals surface area contributed by atoms with E-state index in [1.807, 2.05) is 28.7 Å². The molecule has 18 heavy (non-hydrogen) atoms. The van der Waals surface area contributed by atoms with Crippen LogP contribution in [-0.2, 0) is 9.84 Å². The minimum absolute atomic E-state index is 0.0303. The standard InChI is InChI=1S/C11H11IN2O3S/c12-9-3-7(5-13)4-10(14)11(9)17-8-1-2-18(15,16)6-8/h3-4,8H,1-2,6,14H2. The van der Waals surface area contributed by atoms with Crippen LogP contribution in [0, 0.1) is 14.9 Å². The monoisotopic (exact) mass is 378 g/mol. The number of halogens is 1. The zero-order chi connectivity index (χ0) is 13.3. The van der Waals surface area contributed by atoms with Crippen molar-refractivity contribution in [1.29, 1.82) is 5.26 Å². The normalized spacial score (nSPS) is 21.4. The number of rotatable bonds is 2. The van der Waals surface area contributed by atoms with Gasteiger partial charge in [0.1, 0.15) is 6.10 Å². The molecule has 2 N–H and O–H groups in total. The van der Waals surface area contributed by atoms with Crippen LogP contribution in [-0.4, -0.2) is 26.0 Å². The molecule has 1 aromatic carbocycles. The van der Waals surface area contributed by atoms with E-state index in [9.17, 15) is 8.42 Å². The van der Waals surface area contributed by atoms with E-state index >= 15 is 0 Å². The van der Waals surface area contributed by atoms with Gasteiger partial charge in [-0.2, -0.15) is 5.26 Å². The molecule has 1 fully saturated rings. The largest absolute Gasteiger partial charge is 0.486 e. The summed E-state index contributed by atoms with van der Waals surface area (Å²) in [6.45, 7) is 0. The van der Waals surface area contributed by atoms with E-state index in [4.69, 9.17) is 15.7 Å². The van der Waals surface area contributed by atoms with Gasteiger partial charge in [-0.3, -0.25) is 0 Å². The Morgan fingerprint density at radius 1 is 1.50 bits per heavy atom. The fraction of sp³-hybridized carbons (Fsp3) is 0.364. The van der Waals surface area contributed by atoms with Crippen LogP contribution in [0.25, 0.3) is 0 Å². The van der Waals surface area contributed by atoms with E-state index in [-0.39, 0.29) is 17.6 Å². The van der Waals surface area contributed by atoms with Crippen molar-refractivity contribution < 1.29 is 13.2 Å². The molecule has 1 atom stereocenters. The first kappa shape index (κ1) is 13.4. The lowest BCUT2D eigenvalue weighted by molar-refractivity contribution is 0.228. The van der Waals surface area contributed by atoms with Gasteiger partial charge >= 0.3 is 0 Å². The second-order valence-electron chi connectivity index (χ2n) is 4.13. The predicted octanol–water partition coefficient (Wildman–Crippen LogP) is 1.31. The average Bonchev–Trinajstić information content (AvgIpc) is 2.63. The third-order valence-corrected chi connectivity index (χ3v) is 5.22. The number of sulfone groups is 1. The lowest BCUT2D eigenvalue weighted by atomic mass is 10.2. The van der Waals surface area contributed by atoms with Gasteiger partial charge in [0, 0.05) is 0 Å². The molecule has 1 saturated heterocycles. The number of nitriles is 1. The summed E-state index contributed by atoms with van der Waals surface area (Å²) < 4.78 is 29.1. The SMILES string of the molecule is N#Cc1cc(N)c(OC2CCS(=O)(=O)C2)c(I)c1. The quantitative estimate of drug-likeness (QED) is 0.619. The van der Waals surface area contributed by atoms with Crippen LogP contribution in [0.4, 0.5) is 5.69 Å². The van der Waals surface area contributed by atoms with Crippen LogP contribution in [0.2, 0.25) is 0 Å². The second kappa shape index (κ2) is 4.93. The van der Waals surface area contributed by atoms with Crippen molar-refractivity contribution in [1.82, 2.24) is 0 Å². The van der Waals surface area contributed by atoms with Crippen molar-refractivity contribution in [3.63, 3.8) is 0 Å². The molecule has 7 heteroatoms. The van der Waals surface area contributed by atoms with Crippen LogP contribution < -0.4 is 10.5 Å². The van der Waals surface area contributed by atoms with Gasteiger partial charge in [0.05, 0.1) is 32.4 Å². The molecule has 0 aliphatic carbocycles. The van der Waals surface area contributed by atoms with Crippen molar-refractivity contribution in [2.24, 2.45) is 0 Å². The topological polar surface area (TPSA) is 93.2 Å². The number of benzene rings is 1. The smallest absolute Gasteiger partial charge is 0.156 e. The maximum Gasteiger partial charge on any atom is 0.156 e. The van der Waals surface area contributed by atoms with Gasteiger partial charge in [0.15, 0.2) is 15.6 Å². The molecule has 0 spiro atoms. The van der Waals surface area contributed by atoms with Gasteiger partial charge < -0.3 is 10.5 Å². The summed E-state index contributed by atoms with van der Waals surface area (Å²) in [6.07, 6.45) is 0.136. The predicted molar refractivity (Wildman–Crippen MR) is 76.0 cm³/mol. The molecule has 0 saturated carbocycles. The second-order valence-corrected chi connectivity index (χ2v) is 7.52. The molecule has 1 aliphatic heterocycles. The van der Waals surface area contributed by atoms with E-state index in [0.29, 0.717) is 27.0 Å². The number of hydrogen-bond donors (Lipinski definition) is 1. The van der Waals surface area contributed by atoms with Crippen molar-refractivity contribution >= 4 is 38.1 Å². The van der Waals surface area contributed by atoms with E-state index in [2.05, 4.69) is 0 Å². The minimum atomic E-state index is -2.97. The molecule has 0 radical (unpaired) electrons. The highest BCUT2D eigenvalue weighted by atomic mass is 127. The van der Waals surface area contributed by atoms with Crippen molar-refractivity contribution in [3.05, 3.63) is 21.3 Å². The summed E-state index contributed by atoms with van der Waals surface area (Å²) in [6, 6.07) is 5.20. The number of nitrogens with zero attached hydrogens (tertiary/aromatic N) is 1. The van der Waals surface area contributed by atoms with E-state index < -0.39 is 9.84 Å². The lowest BCUT2D eigenvalue weighted by Gasteiger charge is -2.15. The molecule has 1 unspecified atom stereocenters. The van der Waals surface area contributed by atoms with Crippen LogP contribution in [0.5, 0.6) is 5.75 Å². The number of ether oxygens (including phenoxy) is 1. The number of nitrogen functional groups attached to an aromatic ring is 1. The minimum Gasteiger partial charge on any atom is -0.486 e. The molecule has 1 aliphatic rings. The summed E-state index contributed by atoms with van der Waals surface area (Å²) in [4.78, 5) is 0. The molecule has 1 heterocycles. The third kappa shape index (κ3) is 2.87. The van der Waals surface area contributed by atoms with Crippen molar-refractivity contribution in [3.8, 4) is 11.8 Å². The van der Waals surface area contributed by atoms with Crippen molar-refractivity contribution in [2.45, 2.75) is 12.5 Å². The molecular weight excluding hydrogens is 367 g/mol. The fourth-order valence-electron chi connectivity index (χ4n) is 1.82. The molecular formula is C11H11IN2O3S. The molecule has 1 aromatic rings. The summed E-state index contributed by atoms with van der Waals surface area (Å²) in [5.74, 6) is 0.657. The van der Waals surface area contributed by atoms with Gasteiger partial charge in [-0.15, -0.1) is 0 Å². The third-order valence-electron chi connectivity index (χ3n) is 2.68. The highest BCUT2D eigenvalue weighted by molar-refractivity contribution is 14.1. The number of nitrogens with two attached hydrogens (primary N) is 1. The Balaban J connectivity index is 2.23. The zero-order valence-electron chi connectivity index (χ0n) is 9.39. The van der Waals surface area contributed by atoms with Gasteiger partial charge in [0.2, 0.25) is 0 Å². The average molecular weight is 378 g/mol. The van der Waals surface area contributed by atoms with Crippen LogP contribution in [0.3, 0.4) is 0 Å². The Hall–Kier alpha value is -1.01. The Kier molecular flexibility index (Phi) is 3.68. The maximum atomic E-state index is 11.3. The van der Waals surface area contributed by atoms with Crippen LogP contribution >= 0.6 is 22.6 Å². The molecule has 96 valence electrons. The van der Waals surface area contributed by atoms with E-state index in [0.717, 1.165) is 0 Å². The zero-order valence-corrected chi connectivity index (χ0v) is 12.4. The number of hydrogen-bond acceptors (Lipinski definition) is 5. The fourth-order valence-corrected chi connectivity index (χ4v) is 4.19. The Morgan fingerprint density at radius 2 is 2.22 bits per heavy atom. The Labute approximate surface area is 119 Å². The Morgan fingerprint density at radius 3 is 2.72 bits per heavy atom. The van der Waals surface area contributed by atoms with Gasteiger partial charge in [-0.25, -0.2) is 8.42 Å². The molecule has 2 rings (SSSR count). The maximum absolute atomic E-state index is 11.3. The Bertz CT molecular complexity index is 599. The van der Waals surface area contributed by atoms with Gasteiger partial charge in [-0.1, -0.05) is 0 Å². The van der Waals surface area contributed by atoms with Gasteiger partial charge in [-0.05, 0) is 41.1 Å². The first-order valence-electron chi connectivity index (χ1n) is 5.27. The summed E-state index contributed by atoms with van der Waals surface area (Å²) in [5.41, 5.74) is 6.64. The van der Waals surface area contributed by atoms with Crippen LogP contribution in [0.1, 0.15) is 12.0 Å².